The van der Waals surface area contributed by atoms with E-state index in [-0.39, 0.29) is 18.2 Å². The van der Waals surface area contributed by atoms with Crippen molar-refractivity contribution < 1.29 is 18.7 Å². The summed E-state index contributed by atoms with van der Waals surface area (Å²) in [4.78, 5) is 23.7. The van der Waals surface area contributed by atoms with Crippen molar-refractivity contribution in [3.8, 4) is 5.75 Å². The molecule has 3 rings (SSSR count). The summed E-state index contributed by atoms with van der Waals surface area (Å²) in [5, 5.41) is 0. The van der Waals surface area contributed by atoms with Crippen molar-refractivity contribution in [3.05, 3.63) is 88.5 Å². The standard InChI is InChI=1S/C23H23FN2O3/c1-15-13-21(16(2)26(15)12-11-17-3-7-19(24)8-4-17)22(27)14-29-20-9-5-18(6-10-20)23(25)28/h3-10,13H,11-12,14H2,1-2H3,(H2,25,28). The van der Waals surface area contributed by atoms with E-state index in [1.54, 1.807) is 36.4 Å². The second-order valence-electron chi connectivity index (χ2n) is 6.91. The summed E-state index contributed by atoms with van der Waals surface area (Å²) in [5.74, 6) is -0.390. The predicted molar refractivity (Wildman–Crippen MR) is 109 cm³/mol. The van der Waals surface area contributed by atoms with Gasteiger partial charge in [0.2, 0.25) is 11.7 Å². The quantitative estimate of drug-likeness (QED) is 0.590. The molecule has 0 radical (unpaired) electrons. The summed E-state index contributed by atoms with van der Waals surface area (Å²) < 4.78 is 20.7. The topological polar surface area (TPSA) is 74.3 Å². The summed E-state index contributed by atoms with van der Waals surface area (Å²) in [5.41, 5.74) is 9.11. The van der Waals surface area contributed by atoms with Gasteiger partial charge in [-0.3, -0.25) is 9.59 Å². The maximum Gasteiger partial charge on any atom is 0.248 e. The lowest BCUT2D eigenvalue weighted by atomic mass is 10.1. The van der Waals surface area contributed by atoms with Gasteiger partial charge in [0.05, 0.1) is 0 Å². The maximum absolute atomic E-state index is 13.0. The lowest BCUT2D eigenvalue weighted by molar-refractivity contribution is 0.0919. The van der Waals surface area contributed by atoms with E-state index in [1.165, 1.54) is 12.1 Å². The zero-order valence-electron chi connectivity index (χ0n) is 16.4. The van der Waals surface area contributed by atoms with E-state index < -0.39 is 5.91 Å². The van der Waals surface area contributed by atoms with Crippen molar-refractivity contribution in [2.45, 2.75) is 26.8 Å². The monoisotopic (exact) mass is 394 g/mol. The van der Waals surface area contributed by atoms with Gasteiger partial charge in [-0.1, -0.05) is 12.1 Å². The van der Waals surface area contributed by atoms with Crippen LogP contribution in [0.15, 0.2) is 54.6 Å². The number of amides is 1. The highest BCUT2D eigenvalue weighted by atomic mass is 19.1. The van der Waals surface area contributed by atoms with Crippen molar-refractivity contribution in [3.63, 3.8) is 0 Å². The molecule has 0 bridgehead atoms. The van der Waals surface area contributed by atoms with Gasteiger partial charge >= 0.3 is 0 Å². The highest BCUT2D eigenvalue weighted by Crippen LogP contribution is 2.18. The number of aryl methyl sites for hydroxylation is 2. The molecule has 0 aliphatic carbocycles. The molecule has 1 amide bonds. The maximum atomic E-state index is 13.0. The van der Waals surface area contributed by atoms with Gasteiger partial charge in [-0.05, 0) is 68.3 Å². The number of ketones is 1. The summed E-state index contributed by atoms with van der Waals surface area (Å²) in [6.45, 7) is 4.47. The lowest BCUT2D eigenvalue weighted by Gasteiger charge is -2.10. The Kier molecular flexibility index (Phi) is 6.12. The Balaban J connectivity index is 1.64. The molecule has 2 N–H and O–H groups in total. The molecule has 0 spiro atoms. The van der Waals surface area contributed by atoms with Crippen molar-refractivity contribution >= 4 is 11.7 Å². The molecule has 1 aromatic heterocycles. The number of hydrogen-bond acceptors (Lipinski definition) is 3. The van der Waals surface area contributed by atoms with E-state index >= 15 is 0 Å². The largest absolute Gasteiger partial charge is 0.485 e. The number of nitrogens with zero attached hydrogens (tertiary/aromatic N) is 1. The fourth-order valence-corrected chi connectivity index (χ4v) is 3.26. The van der Waals surface area contributed by atoms with Crippen molar-refractivity contribution in [1.82, 2.24) is 4.57 Å². The van der Waals surface area contributed by atoms with E-state index in [1.807, 2.05) is 19.9 Å². The van der Waals surface area contributed by atoms with Gasteiger partial charge in [-0.2, -0.15) is 0 Å². The first kappa shape index (κ1) is 20.3. The number of rotatable bonds is 8. The molecule has 0 saturated carbocycles. The van der Waals surface area contributed by atoms with E-state index in [9.17, 15) is 14.0 Å². The van der Waals surface area contributed by atoms with Crippen molar-refractivity contribution in [2.75, 3.05) is 6.61 Å². The number of carbonyl (C=O) groups is 2. The molecule has 0 saturated heterocycles. The van der Waals surface area contributed by atoms with Crippen LogP contribution in [0.1, 0.15) is 37.7 Å². The second-order valence-corrected chi connectivity index (χ2v) is 6.91. The minimum Gasteiger partial charge on any atom is -0.485 e. The van der Waals surface area contributed by atoms with Crippen LogP contribution in [0.4, 0.5) is 4.39 Å². The number of nitrogens with two attached hydrogens (primary N) is 1. The van der Waals surface area contributed by atoms with Gasteiger partial charge < -0.3 is 15.0 Å². The average molecular weight is 394 g/mol. The number of hydrogen-bond donors (Lipinski definition) is 1. The molecular formula is C23H23FN2O3. The molecule has 150 valence electrons. The van der Waals surface area contributed by atoms with E-state index in [2.05, 4.69) is 4.57 Å². The number of primary amides is 1. The van der Waals surface area contributed by atoms with Gasteiger partial charge in [-0.15, -0.1) is 0 Å². The van der Waals surface area contributed by atoms with Crippen LogP contribution in [-0.2, 0) is 13.0 Å². The highest BCUT2D eigenvalue weighted by Gasteiger charge is 2.16. The van der Waals surface area contributed by atoms with Crippen LogP contribution in [0.2, 0.25) is 0 Å². The number of benzene rings is 2. The third-order valence-electron chi connectivity index (χ3n) is 4.92. The van der Waals surface area contributed by atoms with E-state index in [4.69, 9.17) is 10.5 Å². The molecular weight excluding hydrogens is 371 g/mol. The van der Waals surface area contributed by atoms with Gasteiger partial charge in [-0.25, -0.2) is 4.39 Å². The Labute approximate surface area is 168 Å². The number of halogens is 1. The van der Waals surface area contributed by atoms with Crippen LogP contribution in [0.25, 0.3) is 0 Å². The van der Waals surface area contributed by atoms with Crippen LogP contribution in [0.5, 0.6) is 5.75 Å². The number of Topliss-reactive ketones (excluding diaryl/α,β-unsaturated/α-hetero) is 1. The Morgan fingerprint density at radius 1 is 1.03 bits per heavy atom. The zero-order chi connectivity index (χ0) is 21.0. The first-order valence-corrected chi connectivity index (χ1v) is 9.32. The van der Waals surface area contributed by atoms with Crippen molar-refractivity contribution in [2.24, 2.45) is 5.73 Å². The third-order valence-corrected chi connectivity index (χ3v) is 4.92. The normalized spacial score (nSPS) is 10.7. The molecule has 1 heterocycles. The minimum absolute atomic E-state index is 0.0990. The van der Waals surface area contributed by atoms with Crippen molar-refractivity contribution in [1.29, 1.82) is 0 Å². The molecule has 0 aliphatic rings. The smallest absolute Gasteiger partial charge is 0.248 e. The lowest BCUT2D eigenvalue weighted by Crippen LogP contribution is -2.14. The molecule has 0 unspecified atom stereocenters. The summed E-state index contributed by atoms with van der Waals surface area (Å²) in [7, 11) is 0. The Morgan fingerprint density at radius 2 is 1.69 bits per heavy atom. The SMILES string of the molecule is Cc1cc(C(=O)COc2ccc(C(N)=O)cc2)c(C)n1CCc1ccc(F)cc1. The highest BCUT2D eigenvalue weighted by molar-refractivity contribution is 5.98. The average Bonchev–Trinajstić information content (AvgIpc) is 3.00. The molecule has 0 atom stereocenters. The van der Waals surface area contributed by atoms with Gasteiger partial charge in [0.25, 0.3) is 0 Å². The van der Waals surface area contributed by atoms with Crippen LogP contribution in [0.3, 0.4) is 0 Å². The molecule has 5 nitrogen and oxygen atoms in total. The number of aromatic nitrogens is 1. The summed E-state index contributed by atoms with van der Waals surface area (Å²) in [6, 6.07) is 14.6. The van der Waals surface area contributed by atoms with Crippen LogP contribution < -0.4 is 10.5 Å². The molecule has 29 heavy (non-hydrogen) atoms. The second kappa shape index (κ2) is 8.73. The first-order chi connectivity index (χ1) is 13.8. The van der Waals surface area contributed by atoms with Crippen LogP contribution in [0, 0.1) is 19.7 Å². The van der Waals surface area contributed by atoms with Gasteiger partial charge in [0.15, 0.2) is 6.61 Å². The Morgan fingerprint density at radius 3 is 2.31 bits per heavy atom. The van der Waals surface area contributed by atoms with Crippen LogP contribution >= 0.6 is 0 Å². The molecule has 3 aromatic rings. The van der Waals surface area contributed by atoms with E-state index in [0.29, 0.717) is 23.4 Å². The third kappa shape index (κ3) is 4.90. The summed E-state index contributed by atoms with van der Waals surface area (Å²) >= 11 is 0. The molecule has 6 heteroatoms. The number of carbonyl (C=O) groups excluding carboxylic acids is 2. The summed E-state index contributed by atoms with van der Waals surface area (Å²) in [6.07, 6.45) is 0.743. The van der Waals surface area contributed by atoms with Gasteiger partial charge in [0, 0.05) is 29.1 Å². The first-order valence-electron chi connectivity index (χ1n) is 9.32. The zero-order valence-corrected chi connectivity index (χ0v) is 16.4. The predicted octanol–water partition coefficient (Wildman–Crippen LogP) is 3.85. The van der Waals surface area contributed by atoms with Gasteiger partial charge in [0.1, 0.15) is 11.6 Å². The Hall–Kier alpha value is -3.41. The fraction of sp³-hybridized carbons (Fsp3) is 0.217. The molecule has 2 aromatic carbocycles. The van der Waals surface area contributed by atoms with E-state index in [0.717, 1.165) is 23.4 Å². The molecule has 0 aliphatic heterocycles. The molecule has 0 fully saturated rings. The fourth-order valence-electron chi connectivity index (χ4n) is 3.26. The Bertz CT molecular complexity index is 1020. The number of ether oxygens (including phenoxy) is 1. The minimum atomic E-state index is -0.513. The van der Waals surface area contributed by atoms with Crippen LogP contribution in [-0.4, -0.2) is 22.9 Å².